The Morgan fingerprint density at radius 3 is 2.52 bits per heavy atom. The molecule has 5 nitrogen and oxygen atoms in total. The van der Waals surface area contributed by atoms with Crippen LogP contribution >= 0.6 is 11.3 Å². The first-order valence-corrected chi connectivity index (χ1v) is 7.11. The number of rotatable bonds is 5. The molecule has 1 amide bonds. The van der Waals surface area contributed by atoms with Gasteiger partial charge in [-0.1, -0.05) is 29.8 Å². The van der Waals surface area contributed by atoms with E-state index in [1.807, 2.05) is 31.2 Å². The maximum Gasteiger partial charge on any atom is 0.339 e. The van der Waals surface area contributed by atoms with E-state index in [9.17, 15) is 14.7 Å². The highest BCUT2D eigenvalue weighted by atomic mass is 32.1. The van der Waals surface area contributed by atoms with Crippen LogP contribution in [0.1, 0.15) is 15.9 Å². The van der Waals surface area contributed by atoms with E-state index in [0.717, 1.165) is 11.1 Å². The Balaban J connectivity index is 2.39. The zero-order valence-electron chi connectivity index (χ0n) is 11.7. The molecule has 1 aromatic carbocycles. The Kier molecular flexibility index (Phi) is 4.72. The number of methoxy groups -OCH3 is 1. The molecule has 0 bridgehead atoms. The molecule has 0 radical (unpaired) electrons. The molecule has 6 heteroatoms. The van der Waals surface area contributed by atoms with Crippen molar-refractivity contribution < 1.29 is 19.4 Å². The molecule has 0 spiro atoms. The molecule has 110 valence electrons. The summed E-state index contributed by atoms with van der Waals surface area (Å²) in [4.78, 5) is 23.1. The third-order valence-corrected chi connectivity index (χ3v) is 3.79. The number of carbonyl (C=O) groups excluding carboxylic acids is 1. The van der Waals surface area contributed by atoms with Gasteiger partial charge in [-0.3, -0.25) is 4.79 Å². The van der Waals surface area contributed by atoms with Gasteiger partial charge in [0.1, 0.15) is 17.2 Å². The van der Waals surface area contributed by atoms with Crippen LogP contribution in [-0.2, 0) is 9.53 Å². The lowest BCUT2D eigenvalue weighted by Crippen LogP contribution is -2.18. The predicted molar refractivity (Wildman–Crippen MR) is 82.0 cm³/mol. The summed E-state index contributed by atoms with van der Waals surface area (Å²) >= 11 is 1.19. The average molecular weight is 305 g/mol. The lowest BCUT2D eigenvalue weighted by Gasteiger charge is -2.05. The van der Waals surface area contributed by atoms with Crippen molar-refractivity contribution in [2.24, 2.45) is 0 Å². The molecule has 0 saturated heterocycles. The molecule has 1 heterocycles. The summed E-state index contributed by atoms with van der Waals surface area (Å²) in [5, 5.41) is 14.0. The minimum atomic E-state index is -1.07. The number of anilines is 1. The lowest BCUT2D eigenvalue weighted by atomic mass is 10.0. The van der Waals surface area contributed by atoms with Crippen LogP contribution in [0.25, 0.3) is 11.1 Å². The quantitative estimate of drug-likeness (QED) is 0.890. The van der Waals surface area contributed by atoms with Crippen LogP contribution in [-0.4, -0.2) is 30.7 Å². The normalized spacial score (nSPS) is 10.4. The van der Waals surface area contributed by atoms with E-state index < -0.39 is 5.97 Å². The summed E-state index contributed by atoms with van der Waals surface area (Å²) in [5.74, 6) is -1.45. The number of aryl methyl sites for hydroxylation is 1. The first-order chi connectivity index (χ1) is 10.0. The maximum absolute atomic E-state index is 11.6. The van der Waals surface area contributed by atoms with Crippen molar-refractivity contribution in [2.45, 2.75) is 6.92 Å². The van der Waals surface area contributed by atoms with Crippen LogP contribution in [0.5, 0.6) is 0 Å². The number of carboxylic acid groups (broad SMARTS) is 1. The monoisotopic (exact) mass is 305 g/mol. The van der Waals surface area contributed by atoms with Crippen molar-refractivity contribution in [1.82, 2.24) is 0 Å². The Morgan fingerprint density at radius 2 is 1.95 bits per heavy atom. The first-order valence-electron chi connectivity index (χ1n) is 6.23. The molecule has 0 saturated carbocycles. The van der Waals surface area contributed by atoms with E-state index in [4.69, 9.17) is 4.74 Å². The van der Waals surface area contributed by atoms with Gasteiger partial charge in [-0.15, -0.1) is 11.3 Å². The van der Waals surface area contributed by atoms with Crippen molar-refractivity contribution >= 4 is 28.2 Å². The highest BCUT2D eigenvalue weighted by Crippen LogP contribution is 2.35. The molecule has 1 aromatic heterocycles. The Hall–Kier alpha value is -2.18. The smallest absolute Gasteiger partial charge is 0.339 e. The fourth-order valence-corrected chi connectivity index (χ4v) is 2.88. The number of hydrogen-bond acceptors (Lipinski definition) is 4. The topological polar surface area (TPSA) is 75.6 Å². The number of thiophene rings is 1. The number of benzene rings is 1. The summed E-state index contributed by atoms with van der Waals surface area (Å²) in [5.41, 5.74) is 2.61. The van der Waals surface area contributed by atoms with Crippen LogP contribution in [0, 0.1) is 6.92 Å². The zero-order valence-corrected chi connectivity index (χ0v) is 12.5. The van der Waals surface area contributed by atoms with E-state index in [1.165, 1.54) is 18.4 Å². The van der Waals surface area contributed by atoms with Gasteiger partial charge in [0.15, 0.2) is 0 Å². The number of carbonyl (C=O) groups is 2. The Labute approximate surface area is 126 Å². The third kappa shape index (κ3) is 3.48. The van der Waals surface area contributed by atoms with Gasteiger partial charge in [0.2, 0.25) is 0 Å². The fourth-order valence-electron chi connectivity index (χ4n) is 1.90. The number of ether oxygens (including phenoxy) is 1. The molecule has 0 fully saturated rings. The molecule has 0 aliphatic rings. The van der Waals surface area contributed by atoms with Crippen molar-refractivity contribution in [1.29, 1.82) is 0 Å². The van der Waals surface area contributed by atoms with Gasteiger partial charge in [0.05, 0.1) is 0 Å². The van der Waals surface area contributed by atoms with Crippen molar-refractivity contribution in [3.8, 4) is 11.1 Å². The molecular formula is C15H15NO4S. The number of amides is 1. The molecule has 21 heavy (non-hydrogen) atoms. The zero-order chi connectivity index (χ0) is 15.4. The molecule has 0 aliphatic carbocycles. The van der Waals surface area contributed by atoms with E-state index in [2.05, 4.69) is 5.32 Å². The van der Waals surface area contributed by atoms with Gasteiger partial charge in [-0.2, -0.15) is 0 Å². The van der Waals surface area contributed by atoms with Gasteiger partial charge in [-0.25, -0.2) is 4.79 Å². The van der Waals surface area contributed by atoms with Crippen LogP contribution in [0.2, 0.25) is 0 Å². The maximum atomic E-state index is 11.6. The minimum absolute atomic E-state index is 0.105. The second kappa shape index (κ2) is 6.51. The van der Waals surface area contributed by atoms with Crippen LogP contribution in [0.4, 0.5) is 5.00 Å². The van der Waals surface area contributed by atoms with Gasteiger partial charge in [-0.05, 0) is 12.5 Å². The summed E-state index contributed by atoms with van der Waals surface area (Å²) in [6, 6.07) is 7.57. The highest BCUT2D eigenvalue weighted by molar-refractivity contribution is 7.15. The fraction of sp³-hybridized carbons (Fsp3) is 0.200. The van der Waals surface area contributed by atoms with E-state index in [-0.39, 0.29) is 18.1 Å². The number of carboxylic acids is 1. The Bertz CT molecular complexity index is 661. The van der Waals surface area contributed by atoms with E-state index >= 15 is 0 Å². The molecule has 0 atom stereocenters. The third-order valence-electron chi connectivity index (χ3n) is 2.90. The molecule has 0 unspecified atom stereocenters. The number of nitrogens with one attached hydrogen (secondary N) is 1. The highest BCUT2D eigenvalue weighted by Gasteiger charge is 2.20. The number of aromatic carboxylic acids is 1. The van der Waals surface area contributed by atoms with Gasteiger partial charge in [0, 0.05) is 18.1 Å². The van der Waals surface area contributed by atoms with Crippen LogP contribution in [0.3, 0.4) is 0 Å². The molecule has 2 N–H and O–H groups in total. The SMILES string of the molecule is COCC(=O)Nc1scc(-c2ccc(C)cc2)c1C(=O)O. The molecule has 0 aliphatic heterocycles. The van der Waals surface area contributed by atoms with Crippen molar-refractivity contribution in [3.05, 3.63) is 40.8 Å². The summed E-state index contributed by atoms with van der Waals surface area (Å²) < 4.78 is 4.73. The van der Waals surface area contributed by atoms with Crippen LogP contribution in [0.15, 0.2) is 29.6 Å². The van der Waals surface area contributed by atoms with Gasteiger partial charge < -0.3 is 15.2 Å². The summed E-state index contributed by atoms with van der Waals surface area (Å²) in [6.07, 6.45) is 0. The predicted octanol–water partition coefficient (Wildman–Crippen LogP) is 3.01. The van der Waals surface area contributed by atoms with Gasteiger partial charge >= 0.3 is 5.97 Å². The van der Waals surface area contributed by atoms with E-state index in [1.54, 1.807) is 5.38 Å². The van der Waals surface area contributed by atoms with Crippen molar-refractivity contribution in [3.63, 3.8) is 0 Å². The Morgan fingerprint density at radius 1 is 1.29 bits per heavy atom. The van der Waals surface area contributed by atoms with Crippen molar-refractivity contribution in [2.75, 3.05) is 19.0 Å². The second-order valence-electron chi connectivity index (χ2n) is 4.51. The largest absolute Gasteiger partial charge is 0.478 e. The molecular weight excluding hydrogens is 290 g/mol. The average Bonchev–Trinajstić information content (AvgIpc) is 2.83. The van der Waals surface area contributed by atoms with Gasteiger partial charge in [0.25, 0.3) is 5.91 Å². The molecule has 2 rings (SSSR count). The number of hydrogen-bond donors (Lipinski definition) is 2. The summed E-state index contributed by atoms with van der Waals surface area (Å²) in [7, 11) is 1.41. The second-order valence-corrected chi connectivity index (χ2v) is 5.39. The van der Waals surface area contributed by atoms with E-state index in [0.29, 0.717) is 10.6 Å². The first kappa shape index (κ1) is 15.2. The lowest BCUT2D eigenvalue weighted by molar-refractivity contribution is -0.119. The summed E-state index contributed by atoms with van der Waals surface area (Å²) in [6.45, 7) is 1.85. The minimum Gasteiger partial charge on any atom is -0.478 e. The van der Waals surface area contributed by atoms with Crippen LogP contribution < -0.4 is 5.32 Å². The molecule has 2 aromatic rings. The standard InChI is InChI=1S/C15H15NO4S/c1-9-3-5-10(6-4-9)11-8-21-14(13(11)15(18)19)16-12(17)7-20-2/h3-6,8H,7H2,1-2H3,(H,16,17)(H,18,19).